The third kappa shape index (κ3) is 4.81. The Balaban J connectivity index is 1.98. The van der Waals surface area contributed by atoms with E-state index in [4.69, 9.17) is 4.74 Å². The van der Waals surface area contributed by atoms with Gasteiger partial charge in [0.05, 0.1) is 0 Å². The molecule has 0 amide bonds. The minimum atomic E-state index is 0.582. The van der Waals surface area contributed by atoms with Crippen LogP contribution < -0.4 is 4.74 Å². The van der Waals surface area contributed by atoms with E-state index in [0.717, 1.165) is 23.1 Å². The zero-order chi connectivity index (χ0) is 13.3. The van der Waals surface area contributed by atoms with Crippen molar-refractivity contribution in [3.8, 4) is 17.6 Å². The summed E-state index contributed by atoms with van der Waals surface area (Å²) >= 11 is 3.36. The van der Waals surface area contributed by atoms with Crippen molar-refractivity contribution in [2.75, 3.05) is 5.33 Å². The van der Waals surface area contributed by atoms with Crippen LogP contribution in [0.2, 0.25) is 0 Å². The van der Waals surface area contributed by atoms with E-state index in [1.807, 2.05) is 42.5 Å². The topological polar surface area (TPSA) is 9.23 Å². The fourth-order valence-corrected chi connectivity index (χ4v) is 1.81. The van der Waals surface area contributed by atoms with Gasteiger partial charge in [0, 0.05) is 17.3 Å². The molecular weight excluding hydrogens is 300 g/mol. The molecule has 19 heavy (non-hydrogen) atoms. The van der Waals surface area contributed by atoms with Gasteiger partial charge in [-0.1, -0.05) is 64.2 Å². The average molecular weight is 315 g/mol. The third-order valence-electron chi connectivity index (χ3n) is 2.53. The fourth-order valence-electron chi connectivity index (χ4n) is 1.62. The Morgan fingerprint density at radius 2 is 1.84 bits per heavy atom. The number of hydrogen-bond donors (Lipinski definition) is 0. The summed E-state index contributed by atoms with van der Waals surface area (Å²) in [7, 11) is 0. The molecule has 0 atom stereocenters. The lowest BCUT2D eigenvalue weighted by Crippen LogP contribution is -1.95. The van der Waals surface area contributed by atoms with Crippen molar-refractivity contribution in [2.24, 2.45) is 0 Å². The molecule has 2 heteroatoms. The van der Waals surface area contributed by atoms with E-state index in [1.54, 1.807) is 0 Å². The Bertz CT molecular complexity index is 567. The van der Waals surface area contributed by atoms with Crippen LogP contribution in [-0.2, 0) is 6.61 Å². The molecule has 0 spiro atoms. The Labute approximate surface area is 122 Å². The van der Waals surface area contributed by atoms with Crippen LogP contribution in [0.4, 0.5) is 0 Å². The van der Waals surface area contributed by atoms with E-state index in [1.165, 1.54) is 5.56 Å². The summed E-state index contributed by atoms with van der Waals surface area (Å²) in [5.41, 5.74) is 2.16. The summed E-state index contributed by atoms with van der Waals surface area (Å²) in [5.74, 6) is 7.08. The molecule has 0 bridgehead atoms. The van der Waals surface area contributed by atoms with Crippen LogP contribution in [0.15, 0.2) is 54.6 Å². The molecule has 0 saturated carbocycles. The molecule has 2 rings (SSSR count). The molecule has 96 valence electrons. The van der Waals surface area contributed by atoms with Crippen molar-refractivity contribution in [1.29, 1.82) is 0 Å². The molecule has 0 heterocycles. The first-order valence-electron chi connectivity index (χ1n) is 6.20. The Morgan fingerprint density at radius 3 is 2.63 bits per heavy atom. The van der Waals surface area contributed by atoms with Gasteiger partial charge in [0.1, 0.15) is 12.4 Å². The molecule has 0 fully saturated rings. The van der Waals surface area contributed by atoms with Gasteiger partial charge < -0.3 is 4.74 Å². The second kappa shape index (κ2) is 7.66. The number of hydrogen-bond acceptors (Lipinski definition) is 1. The van der Waals surface area contributed by atoms with Crippen LogP contribution in [0.5, 0.6) is 5.75 Å². The monoisotopic (exact) mass is 314 g/mol. The Morgan fingerprint density at radius 1 is 1.00 bits per heavy atom. The maximum Gasteiger partial charge on any atom is 0.121 e. The highest BCUT2D eigenvalue weighted by Gasteiger charge is 1.96. The van der Waals surface area contributed by atoms with Gasteiger partial charge in [-0.2, -0.15) is 0 Å². The minimum Gasteiger partial charge on any atom is -0.489 e. The first-order chi connectivity index (χ1) is 9.38. The van der Waals surface area contributed by atoms with Crippen molar-refractivity contribution in [2.45, 2.75) is 13.0 Å². The molecule has 0 radical (unpaired) electrons. The van der Waals surface area contributed by atoms with Gasteiger partial charge in [0.25, 0.3) is 0 Å². The maximum atomic E-state index is 5.76. The zero-order valence-electron chi connectivity index (χ0n) is 10.6. The van der Waals surface area contributed by atoms with Crippen molar-refractivity contribution in [3.63, 3.8) is 0 Å². The average Bonchev–Trinajstić information content (AvgIpc) is 2.47. The molecule has 2 aromatic carbocycles. The number of ether oxygens (including phenoxy) is 1. The predicted molar refractivity (Wildman–Crippen MR) is 82.5 cm³/mol. The highest BCUT2D eigenvalue weighted by atomic mass is 79.9. The smallest absolute Gasteiger partial charge is 0.121 e. The van der Waals surface area contributed by atoms with Gasteiger partial charge in [-0.15, -0.1) is 0 Å². The van der Waals surface area contributed by atoms with Crippen molar-refractivity contribution < 1.29 is 4.74 Å². The molecule has 0 aliphatic carbocycles. The molecule has 0 N–H and O–H groups in total. The predicted octanol–water partition coefficient (Wildman–Crippen LogP) is 4.40. The van der Waals surface area contributed by atoms with E-state index in [0.29, 0.717) is 6.61 Å². The Hall–Kier alpha value is -1.72. The summed E-state index contributed by atoms with van der Waals surface area (Å²) in [6.07, 6.45) is 0.856. The lowest BCUT2D eigenvalue weighted by atomic mass is 10.2. The summed E-state index contributed by atoms with van der Waals surface area (Å²) in [6, 6.07) is 18.0. The first kappa shape index (κ1) is 13.7. The highest BCUT2D eigenvalue weighted by molar-refractivity contribution is 9.09. The van der Waals surface area contributed by atoms with Gasteiger partial charge in [-0.3, -0.25) is 0 Å². The van der Waals surface area contributed by atoms with Crippen molar-refractivity contribution >= 4 is 15.9 Å². The highest BCUT2D eigenvalue weighted by Crippen LogP contribution is 2.14. The Kier molecular flexibility index (Phi) is 5.52. The molecular formula is C17H15BrO. The number of halogens is 1. The summed E-state index contributed by atoms with van der Waals surface area (Å²) in [4.78, 5) is 0. The zero-order valence-corrected chi connectivity index (χ0v) is 12.2. The molecule has 0 aliphatic heterocycles. The van der Waals surface area contributed by atoms with E-state index in [9.17, 15) is 0 Å². The van der Waals surface area contributed by atoms with Gasteiger partial charge in [0.2, 0.25) is 0 Å². The van der Waals surface area contributed by atoms with Crippen molar-refractivity contribution in [1.82, 2.24) is 0 Å². The number of benzene rings is 2. The van der Waals surface area contributed by atoms with E-state index < -0.39 is 0 Å². The second-order valence-electron chi connectivity index (χ2n) is 4.04. The fraction of sp³-hybridized carbons (Fsp3) is 0.176. The van der Waals surface area contributed by atoms with Crippen LogP contribution in [0, 0.1) is 11.8 Å². The van der Waals surface area contributed by atoms with Gasteiger partial charge in [0.15, 0.2) is 0 Å². The lowest BCUT2D eigenvalue weighted by Gasteiger charge is -2.06. The van der Waals surface area contributed by atoms with Crippen LogP contribution in [0.25, 0.3) is 0 Å². The molecule has 0 saturated heterocycles. The standard InChI is InChI=1S/C17H15BrO/c18-12-5-4-7-15-10-6-11-17(13-15)19-14-16-8-2-1-3-9-16/h1-3,6,8-11,13H,5,12,14H2. The molecule has 1 nitrogen and oxygen atoms in total. The summed E-state index contributed by atoms with van der Waals surface area (Å²) in [6.45, 7) is 0.582. The van der Waals surface area contributed by atoms with Gasteiger partial charge >= 0.3 is 0 Å². The van der Waals surface area contributed by atoms with Crippen LogP contribution in [0.3, 0.4) is 0 Å². The maximum absolute atomic E-state index is 5.76. The largest absolute Gasteiger partial charge is 0.489 e. The third-order valence-corrected chi connectivity index (χ3v) is 2.93. The van der Waals surface area contributed by atoms with Crippen molar-refractivity contribution in [3.05, 3.63) is 65.7 Å². The second-order valence-corrected chi connectivity index (χ2v) is 4.84. The van der Waals surface area contributed by atoms with Crippen LogP contribution >= 0.6 is 15.9 Å². The molecule has 0 aliphatic rings. The first-order valence-corrected chi connectivity index (χ1v) is 7.32. The van der Waals surface area contributed by atoms with Gasteiger partial charge in [-0.25, -0.2) is 0 Å². The molecule has 0 unspecified atom stereocenters. The van der Waals surface area contributed by atoms with Gasteiger partial charge in [-0.05, 0) is 23.8 Å². The minimum absolute atomic E-state index is 0.582. The number of alkyl halides is 1. The van der Waals surface area contributed by atoms with E-state index >= 15 is 0 Å². The van der Waals surface area contributed by atoms with Crippen LogP contribution in [0.1, 0.15) is 17.5 Å². The summed E-state index contributed by atoms with van der Waals surface area (Å²) < 4.78 is 5.76. The lowest BCUT2D eigenvalue weighted by molar-refractivity contribution is 0.306. The number of rotatable bonds is 4. The molecule has 2 aromatic rings. The van der Waals surface area contributed by atoms with Crippen LogP contribution in [-0.4, -0.2) is 5.33 Å². The van der Waals surface area contributed by atoms with E-state index in [-0.39, 0.29) is 0 Å². The SMILES string of the molecule is BrCCC#Cc1cccc(OCc2ccccc2)c1. The quantitative estimate of drug-likeness (QED) is 0.600. The normalized spacial score (nSPS) is 9.53. The summed E-state index contributed by atoms with van der Waals surface area (Å²) in [5, 5.41) is 0.907. The van der Waals surface area contributed by atoms with E-state index in [2.05, 4.69) is 39.9 Å². The molecule has 0 aromatic heterocycles.